The van der Waals surface area contributed by atoms with Crippen molar-refractivity contribution in [1.29, 1.82) is 4.78 Å². The van der Waals surface area contributed by atoms with Gasteiger partial charge in [-0.2, -0.15) is 0 Å². The fourth-order valence-electron chi connectivity index (χ4n) is 0.475. The van der Waals surface area contributed by atoms with Gasteiger partial charge in [0.1, 0.15) is 6.04 Å². The number of aliphatic carboxylic acids is 2. The van der Waals surface area contributed by atoms with E-state index >= 15 is 0 Å². The number of rotatable bonds is 4. The first-order chi connectivity index (χ1) is 7.77. The highest BCUT2D eigenvalue weighted by Crippen LogP contribution is 2.25. The van der Waals surface area contributed by atoms with Gasteiger partial charge in [0.25, 0.3) is 3.79 Å². The predicted molar refractivity (Wildman–Crippen MR) is 69.8 cm³/mol. The maximum atomic E-state index is 10.7. The van der Waals surface area contributed by atoms with E-state index in [1.165, 1.54) is 6.26 Å². The molecule has 0 saturated heterocycles. The Morgan fingerprint density at radius 2 is 1.72 bits per heavy atom. The minimum absolute atomic E-state index is 0.0421. The maximum Gasteiger partial charge on any atom is 0.356 e. The van der Waals surface area contributed by atoms with E-state index < -0.39 is 31.5 Å². The lowest BCUT2D eigenvalue weighted by Crippen LogP contribution is -2.31. The Hall–Kier alpha value is -0.280. The molecule has 0 aromatic carbocycles. The molecule has 0 aliphatic carbocycles. The number of nitrogens with two attached hydrogens (primary N) is 1. The second kappa shape index (κ2) is 8.00. The Kier molecular flexibility index (Phi) is 8.91. The first-order valence-electron chi connectivity index (χ1n) is 4.27. The Bertz CT molecular complexity index is 392. The van der Waals surface area contributed by atoms with E-state index in [2.05, 4.69) is 0 Å². The number of hydrogen-bond acceptors (Lipinski definition) is 5. The summed E-state index contributed by atoms with van der Waals surface area (Å²) in [6.07, 6.45) is 1.36. The lowest BCUT2D eigenvalue weighted by molar-refractivity contribution is -0.138. The monoisotopic (exact) mass is 342 g/mol. The van der Waals surface area contributed by atoms with Gasteiger partial charge < -0.3 is 15.9 Å². The molecule has 0 fully saturated rings. The summed E-state index contributed by atoms with van der Waals surface area (Å²) in [6.45, 7) is 0. The quantitative estimate of drug-likeness (QED) is 0.559. The van der Waals surface area contributed by atoms with Crippen LogP contribution in [0.4, 0.5) is 0 Å². The third-order valence-electron chi connectivity index (χ3n) is 1.38. The van der Waals surface area contributed by atoms with Crippen molar-refractivity contribution in [3.05, 3.63) is 0 Å². The van der Waals surface area contributed by atoms with Crippen LogP contribution in [0, 0.1) is 4.78 Å². The van der Waals surface area contributed by atoms with Crippen molar-refractivity contribution in [3.8, 4) is 0 Å². The highest BCUT2D eigenvalue weighted by atomic mass is 35.6. The SMILES string of the molecule is CS(=N)(=O)CCC(N)C(=O)O.O=C(O)C(Cl)(Cl)Cl. The minimum atomic E-state index is -2.60. The summed E-state index contributed by atoms with van der Waals surface area (Å²) in [5, 5.41) is 16.2. The molecule has 2 unspecified atom stereocenters. The Balaban J connectivity index is 0. The zero-order valence-electron chi connectivity index (χ0n) is 9.23. The van der Waals surface area contributed by atoms with Crippen LogP contribution in [0.1, 0.15) is 6.42 Å². The number of alkyl halides is 3. The average molecular weight is 344 g/mol. The van der Waals surface area contributed by atoms with Crippen LogP contribution in [-0.2, 0) is 19.3 Å². The molecule has 0 radical (unpaired) electrons. The molecule has 0 aliphatic heterocycles. The number of carboxylic acids is 2. The third-order valence-corrected chi connectivity index (χ3v) is 2.88. The van der Waals surface area contributed by atoms with Gasteiger partial charge in [-0.15, -0.1) is 0 Å². The second-order valence-electron chi connectivity index (χ2n) is 3.25. The number of nitrogens with one attached hydrogen (secondary N) is 1. The van der Waals surface area contributed by atoms with Crippen molar-refractivity contribution in [1.82, 2.24) is 0 Å². The molecule has 2 atom stereocenters. The number of halogens is 3. The van der Waals surface area contributed by atoms with Gasteiger partial charge in [0.05, 0.1) is 0 Å². The molecule has 0 amide bonds. The normalized spacial score (nSPS) is 15.8. The first-order valence-corrected chi connectivity index (χ1v) is 7.54. The van der Waals surface area contributed by atoms with Crippen LogP contribution in [-0.4, -0.2) is 48.2 Å². The van der Waals surface area contributed by atoms with E-state index in [9.17, 15) is 13.8 Å². The molecule has 0 spiro atoms. The van der Waals surface area contributed by atoms with Gasteiger partial charge in [-0.1, -0.05) is 34.8 Å². The number of carbonyl (C=O) groups is 2. The summed E-state index contributed by atoms with van der Waals surface area (Å²) in [5.41, 5.74) is 5.12. The molecule has 0 saturated carbocycles. The standard InChI is InChI=1S/C5H12N2O3S.C2HCl3O2/c1-11(7,10)3-2-4(6)5(8)9;3-2(4,5)1(6)7/h4,7H,2-3,6H2,1H3,(H,8,9);(H,6,7). The highest BCUT2D eigenvalue weighted by molar-refractivity contribution is 7.91. The third kappa shape index (κ3) is 13.8. The van der Waals surface area contributed by atoms with Gasteiger partial charge >= 0.3 is 11.9 Å². The zero-order chi connectivity index (χ0) is 15.1. The lowest BCUT2D eigenvalue weighted by atomic mass is 10.2. The van der Waals surface area contributed by atoms with Crippen molar-refractivity contribution < 1.29 is 24.0 Å². The molecule has 5 N–H and O–H groups in total. The second-order valence-corrected chi connectivity index (χ2v) is 7.94. The largest absolute Gasteiger partial charge is 0.480 e. The smallest absolute Gasteiger partial charge is 0.356 e. The Morgan fingerprint density at radius 3 is 1.89 bits per heavy atom. The van der Waals surface area contributed by atoms with Gasteiger partial charge in [0.15, 0.2) is 0 Å². The Labute approximate surface area is 119 Å². The van der Waals surface area contributed by atoms with E-state index in [0.717, 1.165) is 0 Å². The van der Waals surface area contributed by atoms with Crippen LogP contribution in [0.15, 0.2) is 0 Å². The average Bonchev–Trinajstić information content (AvgIpc) is 2.12. The fourth-order valence-corrected chi connectivity index (χ4v) is 1.18. The summed E-state index contributed by atoms with van der Waals surface area (Å²) < 4.78 is 15.5. The van der Waals surface area contributed by atoms with Gasteiger partial charge in [-0.3, -0.25) is 13.8 Å². The number of hydrogen-bond donors (Lipinski definition) is 4. The molecule has 0 rings (SSSR count). The van der Waals surface area contributed by atoms with E-state index in [4.69, 9.17) is 55.5 Å². The van der Waals surface area contributed by atoms with Crippen LogP contribution in [0.2, 0.25) is 0 Å². The molecular weight excluding hydrogens is 331 g/mol. The van der Waals surface area contributed by atoms with Crippen LogP contribution in [0.25, 0.3) is 0 Å². The molecular formula is C7H13Cl3N2O5S. The number of carboxylic acid groups (broad SMARTS) is 2. The highest BCUT2D eigenvalue weighted by Gasteiger charge is 2.29. The van der Waals surface area contributed by atoms with Crippen molar-refractivity contribution in [3.63, 3.8) is 0 Å². The molecule has 0 aliphatic rings. The fraction of sp³-hybridized carbons (Fsp3) is 0.714. The van der Waals surface area contributed by atoms with Gasteiger partial charge in [-0.05, 0) is 6.42 Å². The zero-order valence-corrected chi connectivity index (χ0v) is 12.3. The van der Waals surface area contributed by atoms with Crippen LogP contribution in [0.3, 0.4) is 0 Å². The van der Waals surface area contributed by atoms with Gasteiger partial charge in [-0.25, -0.2) is 4.79 Å². The topological polar surface area (TPSA) is 142 Å². The summed E-state index contributed by atoms with van der Waals surface area (Å²) in [4.78, 5) is 19.8. The molecule has 108 valence electrons. The predicted octanol–water partition coefficient (Wildman–Crippen LogP) is 0.906. The molecule has 0 heterocycles. The summed E-state index contributed by atoms with van der Waals surface area (Å²) in [7, 11) is -2.60. The van der Waals surface area contributed by atoms with Crippen molar-refractivity contribution >= 4 is 56.5 Å². The van der Waals surface area contributed by atoms with Gasteiger partial charge in [0, 0.05) is 21.7 Å². The Morgan fingerprint density at radius 1 is 1.39 bits per heavy atom. The summed E-state index contributed by atoms with van der Waals surface area (Å²) >= 11 is 14.4. The molecule has 11 heteroatoms. The first kappa shape index (κ1) is 20.0. The van der Waals surface area contributed by atoms with Gasteiger partial charge in [0.2, 0.25) is 0 Å². The van der Waals surface area contributed by atoms with Crippen LogP contribution < -0.4 is 5.73 Å². The lowest BCUT2D eigenvalue weighted by Gasteiger charge is -2.04. The van der Waals surface area contributed by atoms with Crippen molar-refractivity contribution in [2.45, 2.75) is 16.3 Å². The molecule has 0 bridgehead atoms. The van der Waals surface area contributed by atoms with Crippen molar-refractivity contribution in [2.75, 3.05) is 12.0 Å². The van der Waals surface area contributed by atoms with E-state index in [1.54, 1.807) is 0 Å². The van der Waals surface area contributed by atoms with E-state index in [-0.39, 0.29) is 12.2 Å². The van der Waals surface area contributed by atoms with Crippen LogP contribution in [0.5, 0.6) is 0 Å². The summed E-state index contributed by atoms with van der Waals surface area (Å²) in [6, 6.07) is -0.999. The molecule has 18 heavy (non-hydrogen) atoms. The molecule has 0 aromatic heterocycles. The molecule has 7 nitrogen and oxygen atoms in total. The van der Waals surface area contributed by atoms with Crippen LogP contribution >= 0.6 is 34.8 Å². The molecule has 0 aromatic rings. The van der Waals surface area contributed by atoms with Crippen molar-refractivity contribution in [2.24, 2.45) is 5.73 Å². The maximum absolute atomic E-state index is 10.7. The minimum Gasteiger partial charge on any atom is -0.480 e. The van der Waals surface area contributed by atoms with E-state index in [0.29, 0.717) is 0 Å². The van der Waals surface area contributed by atoms with E-state index in [1.807, 2.05) is 0 Å². The summed E-state index contributed by atoms with van der Waals surface area (Å²) in [5.74, 6) is -2.54.